The Morgan fingerprint density at radius 3 is 2.77 bits per heavy atom. The third-order valence-corrected chi connectivity index (χ3v) is 6.16. The SMILES string of the molecule is CC(C)c1ccc(C2CC3CCC(N3)C2C(=O)O[11CH3])cc1I. The van der Waals surface area contributed by atoms with Crippen LogP contribution in [0.5, 0.6) is 0 Å². The van der Waals surface area contributed by atoms with Gasteiger partial charge in [0.05, 0.1) is 13.0 Å². The van der Waals surface area contributed by atoms with Gasteiger partial charge in [-0.05, 0) is 65.0 Å². The molecule has 3 rings (SSSR count). The number of piperidine rings is 1. The van der Waals surface area contributed by atoms with Crippen LogP contribution in [0.2, 0.25) is 0 Å². The predicted molar refractivity (Wildman–Crippen MR) is 96.1 cm³/mol. The van der Waals surface area contributed by atoms with Crippen molar-refractivity contribution in [1.29, 1.82) is 0 Å². The largest absolute Gasteiger partial charge is 0.469 e. The number of nitrogens with one attached hydrogen (secondary N) is 1. The Balaban J connectivity index is 1.94. The van der Waals surface area contributed by atoms with Crippen molar-refractivity contribution in [3.05, 3.63) is 32.9 Å². The molecule has 0 saturated carbocycles. The van der Waals surface area contributed by atoms with Crippen molar-refractivity contribution < 1.29 is 9.53 Å². The number of hydrogen-bond acceptors (Lipinski definition) is 3. The predicted octanol–water partition coefficient (Wildman–Crippen LogP) is 3.81. The fraction of sp³-hybridized carbons (Fsp3) is 0.611. The van der Waals surface area contributed by atoms with E-state index in [-0.39, 0.29) is 23.8 Å². The highest BCUT2D eigenvalue weighted by atomic mass is 127. The van der Waals surface area contributed by atoms with Crippen LogP contribution < -0.4 is 5.32 Å². The van der Waals surface area contributed by atoms with Gasteiger partial charge in [0.25, 0.3) is 0 Å². The van der Waals surface area contributed by atoms with Gasteiger partial charge >= 0.3 is 5.97 Å². The quantitative estimate of drug-likeness (QED) is 0.606. The van der Waals surface area contributed by atoms with E-state index in [1.165, 1.54) is 28.2 Å². The molecule has 1 aromatic rings. The van der Waals surface area contributed by atoms with Gasteiger partial charge in [-0.25, -0.2) is 0 Å². The van der Waals surface area contributed by atoms with Crippen molar-refractivity contribution in [2.45, 2.75) is 57.0 Å². The first-order chi connectivity index (χ1) is 10.5. The number of ether oxygens (including phenoxy) is 1. The molecule has 0 amide bonds. The first-order valence-electron chi connectivity index (χ1n) is 8.14. The van der Waals surface area contributed by atoms with Crippen molar-refractivity contribution in [3.8, 4) is 0 Å². The molecule has 4 unspecified atom stereocenters. The Labute approximate surface area is 146 Å². The number of halogens is 1. The van der Waals surface area contributed by atoms with Crippen molar-refractivity contribution >= 4 is 28.6 Å². The maximum atomic E-state index is 12.3. The summed E-state index contributed by atoms with van der Waals surface area (Å²) >= 11 is 2.43. The molecule has 4 heteroatoms. The summed E-state index contributed by atoms with van der Waals surface area (Å²) in [4.78, 5) is 12.3. The Morgan fingerprint density at radius 1 is 1.36 bits per heavy atom. The molecule has 3 nitrogen and oxygen atoms in total. The molecule has 1 aromatic carbocycles. The second kappa shape index (κ2) is 6.48. The zero-order valence-corrected chi connectivity index (χ0v) is 15.6. The lowest BCUT2D eigenvalue weighted by Crippen LogP contribution is -2.48. The van der Waals surface area contributed by atoms with E-state index in [2.05, 4.69) is 60.0 Å². The Morgan fingerprint density at radius 2 is 2.14 bits per heavy atom. The van der Waals surface area contributed by atoms with Crippen LogP contribution in [0.4, 0.5) is 0 Å². The number of methoxy groups -OCH3 is 1. The van der Waals surface area contributed by atoms with Gasteiger partial charge in [0.15, 0.2) is 0 Å². The summed E-state index contributed by atoms with van der Waals surface area (Å²) in [6.07, 6.45) is 3.30. The fourth-order valence-electron chi connectivity index (χ4n) is 4.10. The topological polar surface area (TPSA) is 38.3 Å². The third-order valence-electron chi connectivity index (χ3n) is 5.23. The summed E-state index contributed by atoms with van der Waals surface area (Å²) in [5, 5.41) is 3.60. The molecule has 0 spiro atoms. The first kappa shape index (κ1) is 16.2. The van der Waals surface area contributed by atoms with Gasteiger partial charge in [0.1, 0.15) is 0 Å². The average molecular weight is 412 g/mol. The molecule has 2 fully saturated rings. The van der Waals surface area contributed by atoms with Gasteiger partial charge < -0.3 is 10.1 Å². The van der Waals surface area contributed by atoms with Crippen LogP contribution in [-0.4, -0.2) is 25.2 Å². The molecule has 0 radical (unpaired) electrons. The lowest BCUT2D eigenvalue weighted by molar-refractivity contribution is -0.148. The molecule has 2 heterocycles. The highest BCUT2D eigenvalue weighted by molar-refractivity contribution is 14.1. The van der Waals surface area contributed by atoms with Crippen molar-refractivity contribution in [1.82, 2.24) is 5.32 Å². The molecular formula is C18H24INO2. The molecule has 0 aromatic heterocycles. The standard InChI is InChI=1S/C18H24INO2/c1-10(2)13-6-4-11(8-15(13)19)14-9-12-5-7-16(20-12)17(14)18(21)22-3/h4,6,8,10,12,14,16-17,20H,5,7,9H2,1-3H3/i3-1. The minimum absolute atomic E-state index is 0.0514. The molecule has 0 aliphatic carbocycles. The van der Waals surface area contributed by atoms with Gasteiger partial charge in [-0.1, -0.05) is 26.0 Å². The third kappa shape index (κ3) is 2.92. The van der Waals surface area contributed by atoms with Crippen LogP contribution in [0.3, 0.4) is 0 Å². The molecule has 1 N–H and O–H groups in total. The summed E-state index contributed by atoms with van der Waals surface area (Å²) in [6, 6.07) is 7.57. The van der Waals surface area contributed by atoms with Gasteiger partial charge in [-0.2, -0.15) is 0 Å². The number of carbonyl (C=O) groups is 1. The number of esters is 1. The van der Waals surface area contributed by atoms with Crippen LogP contribution in [-0.2, 0) is 9.53 Å². The summed E-state index contributed by atoms with van der Waals surface area (Å²) in [6.45, 7) is 4.44. The van der Waals surface area contributed by atoms with Crippen LogP contribution >= 0.6 is 22.6 Å². The van der Waals surface area contributed by atoms with E-state index in [1.54, 1.807) is 0 Å². The normalized spacial score (nSPS) is 30.6. The van der Waals surface area contributed by atoms with E-state index in [0.717, 1.165) is 12.8 Å². The zero-order chi connectivity index (χ0) is 15.9. The number of benzene rings is 1. The van der Waals surface area contributed by atoms with Gasteiger partial charge in [0.2, 0.25) is 0 Å². The maximum Gasteiger partial charge on any atom is 0.310 e. The lowest BCUT2D eigenvalue weighted by Gasteiger charge is -2.36. The van der Waals surface area contributed by atoms with E-state index in [9.17, 15) is 4.79 Å². The number of rotatable bonds is 3. The van der Waals surface area contributed by atoms with E-state index in [1.807, 2.05) is 0 Å². The second-order valence-corrected chi connectivity index (χ2v) is 8.04. The maximum absolute atomic E-state index is 12.3. The molecule has 2 bridgehead atoms. The number of carbonyl (C=O) groups excluding carboxylic acids is 1. The van der Waals surface area contributed by atoms with Crippen molar-refractivity contribution in [2.24, 2.45) is 5.92 Å². The fourth-order valence-corrected chi connectivity index (χ4v) is 5.27. The minimum Gasteiger partial charge on any atom is -0.469 e. The molecular weight excluding hydrogens is 388 g/mol. The molecule has 2 aliphatic heterocycles. The molecule has 120 valence electrons. The van der Waals surface area contributed by atoms with Crippen LogP contribution in [0, 0.1) is 9.49 Å². The minimum atomic E-state index is -0.0641. The Kier molecular flexibility index (Phi) is 4.78. The van der Waals surface area contributed by atoms with Crippen LogP contribution in [0.25, 0.3) is 0 Å². The number of fused-ring (bicyclic) bond motifs is 2. The van der Waals surface area contributed by atoms with Crippen LogP contribution in [0.1, 0.15) is 56.1 Å². The Bertz CT molecular complexity index is 572. The van der Waals surface area contributed by atoms with E-state index in [0.29, 0.717) is 12.0 Å². The van der Waals surface area contributed by atoms with Crippen molar-refractivity contribution in [2.75, 3.05) is 7.11 Å². The number of hydrogen-bond donors (Lipinski definition) is 1. The first-order valence-corrected chi connectivity index (χ1v) is 9.22. The zero-order valence-electron chi connectivity index (χ0n) is 13.4. The monoisotopic (exact) mass is 412 g/mol. The lowest BCUT2D eigenvalue weighted by atomic mass is 9.76. The Hall–Kier alpha value is -0.620. The highest BCUT2D eigenvalue weighted by Gasteiger charge is 2.46. The smallest absolute Gasteiger partial charge is 0.310 e. The second-order valence-electron chi connectivity index (χ2n) is 6.87. The van der Waals surface area contributed by atoms with Gasteiger partial charge in [-0.3, -0.25) is 4.79 Å². The van der Waals surface area contributed by atoms with Crippen LogP contribution in [0.15, 0.2) is 18.2 Å². The summed E-state index contributed by atoms with van der Waals surface area (Å²) in [7, 11) is 1.51. The van der Waals surface area contributed by atoms with E-state index >= 15 is 0 Å². The summed E-state index contributed by atoms with van der Waals surface area (Å²) < 4.78 is 6.41. The van der Waals surface area contributed by atoms with E-state index < -0.39 is 0 Å². The van der Waals surface area contributed by atoms with Gasteiger partial charge in [-0.15, -0.1) is 0 Å². The van der Waals surface area contributed by atoms with Crippen molar-refractivity contribution in [3.63, 3.8) is 0 Å². The molecule has 22 heavy (non-hydrogen) atoms. The molecule has 2 saturated heterocycles. The van der Waals surface area contributed by atoms with Gasteiger partial charge in [0, 0.05) is 21.6 Å². The summed E-state index contributed by atoms with van der Waals surface area (Å²) in [5.74, 6) is 0.692. The average Bonchev–Trinajstić information content (AvgIpc) is 2.87. The molecule has 4 atom stereocenters. The summed E-state index contributed by atoms with van der Waals surface area (Å²) in [5.41, 5.74) is 2.68. The molecule has 2 aliphatic rings. The van der Waals surface area contributed by atoms with E-state index in [4.69, 9.17) is 4.74 Å². The highest BCUT2D eigenvalue weighted by Crippen LogP contribution is 2.43.